The van der Waals surface area contributed by atoms with Crippen LogP contribution in [0.25, 0.3) is 0 Å². The van der Waals surface area contributed by atoms with Crippen LogP contribution >= 0.6 is 0 Å². The average Bonchev–Trinajstić information content (AvgIpc) is 2.58. The summed E-state index contributed by atoms with van der Waals surface area (Å²) in [5.41, 5.74) is 0.956. The van der Waals surface area contributed by atoms with Gasteiger partial charge in [0, 0.05) is 26.2 Å². The Morgan fingerprint density at radius 1 is 0.710 bits per heavy atom. The van der Waals surface area contributed by atoms with Crippen LogP contribution in [0.1, 0.15) is 40.2 Å². The molecule has 5 N–H and O–H groups in total. The van der Waals surface area contributed by atoms with Gasteiger partial charge in [-0.25, -0.2) is 0 Å². The largest absolute Gasteiger partial charge is 0.392 e. The molecule has 0 aromatic heterocycles. The fourth-order valence-electron chi connectivity index (χ4n) is 3.06. The van der Waals surface area contributed by atoms with Gasteiger partial charge in [0.05, 0.1) is 35.5 Å². The summed E-state index contributed by atoms with van der Waals surface area (Å²) in [6.07, 6.45) is -2.11. The van der Waals surface area contributed by atoms with E-state index in [0.29, 0.717) is 26.2 Å². The zero-order chi connectivity index (χ0) is 24.4. The smallest absolute Gasteiger partial charge is 0.294 e. The van der Waals surface area contributed by atoms with Crippen molar-refractivity contribution in [2.75, 3.05) is 26.2 Å². The van der Waals surface area contributed by atoms with Gasteiger partial charge in [0.1, 0.15) is 0 Å². The normalized spacial score (nSPS) is 16.9. The molecule has 0 bridgehead atoms. The van der Waals surface area contributed by atoms with Crippen LogP contribution in [0.5, 0.6) is 0 Å². The molecule has 9 nitrogen and oxygen atoms in total. The average molecular weight is 465 g/mol. The van der Waals surface area contributed by atoms with Crippen molar-refractivity contribution in [3.05, 3.63) is 29.8 Å². The monoisotopic (exact) mass is 464 g/mol. The summed E-state index contributed by atoms with van der Waals surface area (Å²) in [4.78, 5) is 3.85. The first kappa shape index (κ1) is 29.9. The molecule has 0 saturated carbocycles. The third kappa shape index (κ3) is 13.8. The van der Waals surface area contributed by atoms with E-state index in [0.717, 1.165) is 5.56 Å². The predicted molar refractivity (Wildman–Crippen MR) is 120 cm³/mol. The third-order valence-corrected chi connectivity index (χ3v) is 5.24. The van der Waals surface area contributed by atoms with Crippen LogP contribution in [0.2, 0.25) is 0 Å². The van der Waals surface area contributed by atoms with E-state index < -0.39 is 34.5 Å². The molecule has 0 spiro atoms. The van der Waals surface area contributed by atoms with Gasteiger partial charge in [-0.05, 0) is 53.7 Å². The lowest BCUT2D eigenvalue weighted by Crippen LogP contribution is -2.53. The van der Waals surface area contributed by atoms with Crippen molar-refractivity contribution in [1.82, 2.24) is 9.80 Å². The first-order valence-corrected chi connectivity index (χ1v) is 11.8. The summed E-state index contributed by atoms with van der Waals surface area (Å²) in [5.74, 6) is 0. The number of benzene rings is 1. The lowest BCUT2D eigenvalue weighted by Gasteiger charge is -2.39. The number of hydrogen-bond donors (Lipinski definition) is 5. The lowest BCUT2D eigenvalue weighted by atomic mass is 10.2. The summed E-state index contributed by atoms with van der Waals surface area (Å²) in [5, 5.41) is 38.4. The minimum Gasteiger partial charge on any atom is -0.392 e. The highest BCUT2D eigenvalue weighted by molar-refractivity contribution is 7.85. The molecule has 4 atom stereocenters. The van der Waals surface area contributed by atoms with Crippen LogP contribution in [-0.4, -0.2) is 100.0 Å². The Morgan fingerprint density at radius 2 is 1.00 bits per heavy atom. The van der Waals surface area contributed by atoms with Crippen molar-refractivity contribution in [3.8, 4) is 0 Å². The molecular weight excluding hydrogens is 424 g/mol. The maximum absolute atomic E-state index is 10.5. The second kappa shape index (κ2) is 14.1. The molecule has 31 heavy (non-hydrogen) atoms. The molecule has 0 fully saturated rings. The van der Waals surface area contributed by atoms with E-state index in [1.165, 1.54) is 12.1 Å². The van der Waals surface area contributed by atoms with Gasteiger partial charge in [0.25, 0.3) is 10.1 Å². The molecule has 10 heteroatoms. The minimum absolute atomic E-state index is 0.0666. The van der Waals surface area contributed by atoms with Crippen molar-refractivity contribution in [1.29, 1.82) is 0 Å². The van der Waals surface area contributed by atoms with E-state index in [2.05, 4.69) is 0 Å². The third-order valence-electron chi connectivity index (χ3n) is 4.37. The van der Waals surface area contributed by atoms with Crippen molar-refractivity contribution >= 4 is 10.1 Å². The summed E-state index contributed by atoms with van der Waals surface area (Å²) in [7, 11) is -4.02. The van der Waals surface area contributed by atoms with Gasteiger partial charge in [-0.1, -0.05) is 17.7 Å². The molecule has 0 aliphatic rings. The van der Waals surface area contributed by atoms with Crippen LogP contribution in [-0.2, 0) is 10.1 Å². The number of hydrogen-bond acceptors (Lipinski definition) is 8. The Hall–Kier alpha value is -1.11. The quantitative estimate of drug-likeness (QED) is 0.236. The number of aliphatic hydroxyl groups is 4. The van der Waals surface area contributed by atoms with E-state index >= 15 is 0 Å². The molecule has 0 saturated heterocycles. The molecule has 1 rings (SSSR count). The Bertz CT molecular complexity index is 663. The van der Waals surface area contributed by atoms with E-state index in [-0.39, 0.29) is 11.1 Å². The maximum atomic E-state index is 10.5. The molecule has 182 valence electrons. The standard InChI is InChI=1S/C14H32N2O4.C7H8O3S/c1-10(17)6-15(7-11(2)18)14(5)16(8-12(3)19)9-13(4)20;1-6-2-4-7(5-3-6)11(8,9)10/h10-14,17-20H,6-9H2,1-5H3;2-5H,1H3,(H,8,9,10). The SMILES string of the molecule is CC(O)CN(CC(C)O)C(C)N(CC(C)O)CC(C)O.Cc1ccc(S(=O)(=O)O)cc1. The Morgan fingerprint density at radius 3 is 1.23 bits per heavy atom. The summed E-state index contributed by atoms with van der Waals surface area (Å²) < 4.78 is 29.6. The molecule has 0 aliphatic carbocycles. The van der Waals surface area contributed by atoms with Gasteiger partial charge in [-0.15, -0.1) is 0 Å². The van der Waals surface area contributed by atoms with Gasteiger partial charge in [-0.2, -0.15) is 8.42 Å². The zero-order valence-electron chi connectivity index (χ0n) is 19.4. The fourth-order valence-corrected chi connectivity index (χ4v) is 3.54. The first-order valence-electron chi connectivity index (χ1n) is 10.4. The van der Waals surface area contributed by atoms with Gasteiger partial charge in [0.2, 0.25) is 0 Å². The Kier molecular flexibility index (Phi) is 13.6. The van der Waals surface area contributed by atoms with Crippen molar-refractivity contribution in [2.45, 2.75) is 77.0 Å². The number of aliphatic hydroxyl groups excluding tert-OH is 4. The number of aryl methyl sites for hydroxylation is 1. The molecule has 0 amide bonds. The predicted octanol–water partition coefficient (Wildman–Crippen LogP) is 0.701. The molecule has 0 radical (unpaired) electrons. The molecular formula is C21H40N2O7S. The molecule has 0 heterocycles. The first-order chi connectivity index (χ1) is 14.1. The van der Waals surface area contributed by atoms with E-state index in [1.807, 2.05) is 23.6 Å². The second-order valence-corrected chi connectivity index (χ2v) is 9.65. The molecule has 4 unspecified atom stereocenters. The van der Waals surface area contributed by atoms with Crippen LogP contribution in [0.15, 0.2) is 29.2 Å². The zero-order valence-corrected chi connectivity index (χ0v) is 20.2. The summed E-state index contributed by atoms with van der Waals surface area (Å²) >= 11 is 0. The van der Waals surface area contributed by atoms with E-state index in [1.54, 1.807) is 39.8 Å². The van der Waals surface area contributed by atoms with Gasteiger partial charge in [0.15, 0.2) is 0 Å². The van der Waals surface area contributed by atoms with Crippen LogP contribution in [0.4, 0.5) is 0 Å². The lowest BCUT2D eigenvalue weighted by molar-refractivity contribution is -0.0298. The molecule has 0 aliphatic heterocycles. The van der Waals surface area contributed by atoms with Crippen molar-refractivity contribution in [2.24, 2.45) is 0 Å². The van der Waals surface area contributed by atoms with Gasteiger partial charge >= 0.3 is 0 Å². The summed E-state index contributed by atoms with van der Waals surface area (Å²) in [6.45, 7) is 12.3. The minimum atomic E-state index is -4.02. The second-order valence-electron chi connectivity index (χ2n) is 8.22. The molecule has 1 aromatic carbocycles. The highest BCUT2D eigenvalue weighted by Crippen LogP contribution is 2.11. The maximum Gasteiger partial charge on any atom is 0.294 e. The summed E-state index contributed by atoms with van der Waals surface area (Å²) in [6, 6.07) is 5.99. The Balaban J connectivity index is 0.000000683. The van der Waals surface area contributed by atoms with Crippen LogP contribution in [0, 0.1) is 6.92 Å². The Labute approximate surface area is 186 Å². The van der Waals surface area contributed by atoms with Crippen LogP contribution in [0.3, 0.4) is 0 Å². The van der Waals surface area contributed by atoms with Gasteiger partial charge < -0.3 is 20.4 Å². The number of nitrogens with zero attached hydrogens (tertiary/aromatic N) is 2. The van der Waals surface area contributed by atoms with E-state index in [4.69, 9.17) is 4.55 Å². The van der Waals surface area contributed by atoms with Crippen molar-refractivity contribution in [3.63, 3.8) is 0 Å². The van der Waals surface area contributed by atoms with Crippen molar-refractivity contribution < 1.29 is 33.4 Å². The van der Waals surface area contributed by atoms with Gasteiger partial charge in [-0.3, -0.25) is 14.4 Å². The number of rotatable bonds is 11. The van der Waals surface area contributed by atoms with Crippen LogP contribution < -0.4 is 0 Å². The molecule has 1 aromatic rings. The topological polar surface area (TPSA) is 142 Å². The highest BCUT2D eigenvalue weighted by atomic mass is 32.2. The highest BCUT2D eigenvalue weighted by Gasteiger charge is 2.25. The van der Waals surface area contributed by atoms with E-state index in [9.17, 15) is 28.8 Å². The fraction of sp³-hybridized carbons (Fsp3) is 0.714.